The molecule has 3 aliphatic rings. The molecule has 3 fully saturated rings. The number of halogens is 1. The number of nitrogens with one attached hydrogen (secondary N) is 1. The zero-order valence-electron chi connectivity index (χ0n) is 21.2. The van der Waals surface area contributed by atoms with Gasteiger partial charge in [0.25, 0.3) is 0 Å². The summed E-state index contributed by atoms with van der Waals surface area (Å²) in [5.41, 5.74) is 3.78. The maximum Gasteiger partial charge on any atom is 0.333 e. The number of nitrogens with zero attached hydrogens (tertiary/aromatic N) is 2. The van der Waals surface area contributed by atoms with E-state index < -0.39 is 6.04 Å². The summed E-state index contributed by atoms with van der Waals surface area (Å²) >= 11 is 0. The van der Waals surface area contributed by atoms with Gasteiger partial charge in [-0.3, -0.25) is 0 Å². The van der Waals surface area contributed by atoms with Crippen molar-refractivity contribution in [2.75, 3.05) is 25.0 Å². The highest BCUT2D eigenvalue weighted by Gasteiger charge is 2.48. The van der Waals surface area contributed by atoms with E-state index in [0.29, 0.717) is 5.92 Å². The van der Waals surface area contributed by atoms with Gasteiger partial charge in [-0.15, -0.1) is 0 Å². The first-order chi connectivity index (χ1) is 18.2. The van der Waals surface area contributed by atoms with Gasteiger partial charge in [0.05, 0.1) is 13.1 Å². The minimum atomic E-state index is -0.559. The molecule has 0 spiro atoms. The fraction of sp³-hybridized carbons (Fsp3) is 0.290. The number of quaternary nitrogens is 1. The summed E-state index contributed by atoms with van der Waals surface area (Å²) in [4.78, 5) is 13.6. The van der Waals surface area contributed by atoms with Crippen LogP contribution in [0.1, 0.15) is 30.1 Å². The number of para-hydroxylation sites is 1. The van der Waals surface area contributed by atoms with E-state index in [1.165, 1.54) is 0 Å². The highest BCUT2D eigenvalue weighted by molar-refractivity contribution is 5.81. The summed E-state index contributed by atoms with van der Waals surface area (Å²) < 4.78 is 12.8. The third-order valence-corrected chi connectivity index (χ3v) is 7.88. The number of hydrogen-bond donors (Lipinski definition) is 1. The third kappa shape index (κ3) is 5.62. The van der Waals surface area contributed by atoms with Crippen LogP contribution in [0.4, 0.5) is 5.69 Å². The van der Waals surface area contributed by atoms with Crippen LogP contribution in [0.2, 0.25) is 0 Å². The van der Waals surface area contributed by atoms with E-state index in [9.17, 15) is 4.79 Å². The number of ether oxygens (including phenoxy) is 1. The van der Waals surface area contributed by atoms with Gasteiger partial charge in [-0.1, -0.05) is 84.0 Å². The Balaban J connectivity index is 0.00000294. The number of anilines is 1. The zero-order valence-corrected chi connectivity index (χ0v) is 22.0. The third-order valence-electron chi connectivity index (χ3n) is 7.88. The summed E-state index contributed by atoms with van der Waals surface area (Å²) in [5, 5.41) is 7.78. The van der Waals surface area contributed by atoms with E-state index in [4.69, 9.17) is 9.26 Å². The molecule has 3 aliphatic heterocycles. The van der Waals surface area contributed by atoms with Crippen LogP contribution in [-0.4, -0.2) is 41.3 Å². The van der Waals surface area contributed by atoms with E-state index in [1.807, 2.05) is 91.0 Å². The first-order valence-electron chi connectivity index (χ1n) is 13.1. The van der Waals surface area contributed by atoms with Gasteiger partial charge in [-0.25, -0.2) is 4.79 Å². The number of piperidine rings is 3. The molecule has 1 aromatic heterocycles. The fourth-order valence-electron chi connectivity index (χ4n) is 5.89. The van der Waals surface area contributed by atoms with Gasteiger partial charge in [-0.05, 0) is 17.7 Å². The molecule has 2 atom stereocenters. The Morgan fingerprint density at radius 1 is 0.947 bits per heavy atom. The van der Waals surface area contributed by atoms with E-state index in [2.05, 4.69) is 16.5 Å². The molecular weight excluding hydrogens is 498 g/mol. The second kappa shape index (κ2) is 11.4. The van der Waals surface area contributed by atoms with Crippen LogP contribution in [0.25, 0.3) is 11.3 Å². The van der Waals surface area contributed by atoms with E-state index in [0.717, 1.165) is 71.8 Å². The molecule has 4 aromatic rings. The quantitative estimate of drug-likeness (QED) is 0.281. The number of esters is 1. The first kappa shape index (κ1) is 26.0. The number of rotatable bonds is 8. The highest BCUT2D eigenvalue weighted by Crippen LogP contribution is 2.38. The lowest BCUT2D eigenvalue weighted by molar-refractivity contribution is -0.958. The predicted molar refractivity (Wildman–Crippen MR) is 142 cm³/mol. The molecule has 7 rings (SSSR count). The molecule has 0 saturated carbocycles. The van der Waals surface area contributed by atoms with Crippen LogP contribution in [0.5, 0.6) is 0 Å². The van der Waals surface area contributed by atoms with Crippen molar-refractivity contribution < 1.29 is 30.9 Å². The van der Waals surface area contributed by atoms with Gasteiger partial charge in [0.1, 0.15) is 18.8 Å². The molecule has 38 heavy (non-hydrogen) atoms. The number of carbonyl (C=O) groups is 1. The van der Waals surface area contributed by atoms with Gasteiger partial charge in [0.15, 0.2) is 17.9 Å². The number of fused-ring (bicyclic) bond motifs is 3. The van der Waals surface area contributed by atoms with Crippen molar-refractivity contribution in [1.29, 1.82) is 0 Å². The topological polar surface area (TPSA) is 64.4 Å². The second-order valence-electron chi connectivity index (χ2n) is 10.3. The van der Waals surface area contributed by atoms with E-state index in [1.54, 1.807) is 0 Å². The largest absolute Gasteiger partial charge is 1.00 e. The average Bonchev–Trinajstić information content (AvgIpc) is 3.41. The van der Waals surface area contributed by atoms with Crippen molar-refractivity contribution in [2.24, 2.45) is 5.92 Å². The zero-order chi connectivity index (χ0) is 25.1. The number of aromatic nitrogens is 1. The van der Waals surface area contributed by atoms with Crippen molar-refractivity contribution in [1.82, 2.24) is 5.16 Å². The lowest BCUT2D eigenvalue weighted by Crippen LogP contribution is -3.00. The molecule has 0 aliphatic carbocycles. The molecule has 3 aromatic carbocycles. The van der Waals surface area contributed by atoms with Crippen molar-refractivity contribution in [3.05, 3.63) is 108 Å². The summed E-state index contributed by atoms with van der Waals surface area (Å²) in [7, 11) is 0. The van der Waals surface area contributed by atoms with Gasteiger partial charge < -0.3 is 31.5 Å². The molecule has 0 radical (unpaired) electrons. The Morgan fingerprint density at radius 2 is 1.58 bits per heavy atom. The van der Waals surface area contributed by atoms with E-state index in [-0.39, 0.29) is 24.5 Å². The van der Waals surface area contributed by atoms with Crippen LogP contribution in [0, 0.1) is 5.92 Å². The van der Waals surface area contributed by atoms with Crippen LogP contribution < -0.4 is 17.7 Å². The summed E-state index contributed by atoms with van der Waals surface area (Å²) in [6.07, 6.45) is 2.02. The fourth-order valence-corrected chi connectivity index (χ4v) is 5.89. The molecule has 0 unspecified atom stereocenters. The maximum atomic E-state index is 13.6. The summed E-state index contributed by atoms with van der Waals surface area (Å²) in [6, 6.07) is 31.2. The Morgan fingerprint density at radius 3 is 2.26 bits per heavy atom. The number of carbonyl (C=O) groups excluding carboxylic acids is 1. The Labute approximate surface area is 229 Å². The molecule has 0 amide bonds. The molecule has 4 heterocycles. The van der Waals surface area contributed by atoms with Crippen molar-refractivity contribution >= 4 is 11.7 Å². The second-order valence-corrected chi connectivity index (χ2v) is 10.3. The molecule has 196 valence electrons. The molecular formula is C31H32ClN3O3. The number of benzene rings is 3. The number of hydrogen-bond acceptors (Lipinski definition) is 5. The highest BCUT2D eigenvalue weighted by atomic mass is 35.5. The monoisotopic (exact) mass is 529 g/mol. The van der Waals surface area contributed by atoms with Gasteiger partial charge in [-0.2, -0.15) is 0 Å². The predicted octanol–water partition coefficient (Wildman–Crippen LogP) is 2.85. The molecule has 2 bridgehead atoms. The Kier molecular flexibility index (Phi) is 7.82. The van der Waals surface area contributed by atoms with Crippen LogP contribution in [-0.2, 0) is 16.1 Å². The van der Waals surface area contributed by atoms with Gasteiger partial charge >= 0.3 is 5.97 Å². The van der Waals surface area contributed by atoms with Gasteiger partial charge in [0, 0.05) is 36.1 Å². The Hall–Kier alpha value is -3.61. The average molecular weight is 530 g/mol. The lowest BCUT2D eigenvalue weighted by Gasteiger charge is -2.51. The van der Waals surface area contributed by atoms with Crippen LogP contribution in [0.3, 0.4) is 0 Å². The van der Waals surface area contributed by atoms with Crippen LogP contribution in [0.15, 0.2) is 102 Å². The van der Waals surface area contributed by atoms with Crippen LogP contribution >= 0.6 is 0 Å². The minimum Gasteiger partial charge on any atom is -1.00 e. The molecule has 1 N–H and O–H groups in total. The SMILES string of the molecule is O=C(O[C@H]1C[N+]2(Cc3cc(-c4ccccc4)on3)CCC1CC2)[C@H](Nc1ccccc1)c1ccccc1.[Cl-]. The van der Waals surface area contributed by atoms with Crippen molar-refractivity contribution in [3.8, 4) is 11.3 Å². The lowest BCUT2D eigenvalue weighted by atomic mass is 9.83. The maximum absolute atomic E-state index is 13.6. The smallest absolute Gasteiger partial charge is 0.333 e. The minimum absolute atomic E-state index is 0. The summed E-state index contributed by atoms with van der Waals surface area (Å²) in [6.45, 7) is 3.77. The molecule has 3 saturated heterocycles. The molecule has 7 heteroatoms. The normalized spacial score (nSPS) is 22.7. The van der Waals surface area contributed by atoms with Crippen molar-refractivity contribution in [3.63, 3.8) is 0 Å². The first-order valence-corrected chi connectivity index (χ1v) is 13.1. The molecule has 6 nitrogen and oxygen atoms in total. The van der Waals surface area contributed by atoms with Crippen molar-refractivity contribution in [2.45, 2.75) is 31.5 Å². The summed E-state index contributed by atoms with van der Waals surface area (Å²) in [5.74, 6) is 0.982. The standard InChI is InChI=1S/C31H32N3O3.ClH/c35-31(30(25-12-6-2-7-13-25)32-26-14-8-3-9-15-26)36-29-22-34(18-16-24(29)17-19-34)21-27-20-28(37-33-27)23-10-4-1-5-11-23;/h1-15,20,24,29-30,32H,16-19,21-22H2;1H/q+1;/p-1/t24?,29-,30+,34?;/m0./s1. The van der Waals surface area contributed by atoms with E-state index >= 15 is 0 Å². The van der Waals surface area contributed by atoms with Gasteiger partial charge in [0.2, 0.25) is 0 Å². The Bertz CT molecular complexity index is 1320.